The van der Waals surface area contributed by atoms with Crippen molar-refractivity contribution >= 4 is 23.3 Å². The molecular weight excluding hydrogens is 264 g/mol. The maximum absolute atomic E-state index is 11.7. The number of hydrogen-bond donors (Lipinski definition) is 1. The second-order valence-electron chi connectivity index (χ2n) is 3.61. The standard InChI is InChI=1S/C12H8N4O2S/c17-10(9-6-19-7-13-9)14-12-16-15-11(18-12)8-4-2-1-3-5-8/h1-7H,(H,14,16,17). The fraction of sp³-hybridized carbons (Fsp3) is 0. The molecule has 0 atom stereocenters. The molecule has 0 fully saturated rings. The van der Waals surface area contributed by atoms with Gasteiger partial charge in [-0.3, -0.25) is 10.1 Å². The SMILES string of the molecule is O=C(Nc1nnc(-c2ccccc2)o1)c1cscn1. The van der Waals surface area contributed by atoms with Gasteiger partial charge in [0.2, 0.25) is 5.89 Å². The van der Waals surface area contributed by atoms with Gasteiger partial charge in [0, 0.05) is 10.9 Å². The number of nitrogens with one attached hydrogen (secondary N) is 1. The Balaban J connectivity index is 1.77. The number of carbonyl (C=O) groups excluding carboxylic acids is 1. The lowest BCUT2D eigenvalue weighted by Gasteiger charge is -1.95. The Labute approximate surface area is 112 Å². The van der Waals surface area contributed by atoms with E-state index in [0.29, 0.717) is 11.6 Å². The van der Waals surface area contributed by atoms with E-state index in [-0.39, 0.29) is 11.9 Å². The summed E-state index contributed by atoms with van der Waals surface area (Å²) in [6.07, 6.45) is 0. The van der Waals surface area contributed by atoms with Crippen molar-refractivity contribution in [3.8, 4) is 11.5 Å². The Bertz CT molecular complexity index is 679. The van der Waals surface area contributed by atoms with Gasteiger partial charge in [-0.15, -0.1) is 16.4 Å². The Morgan fingerprint density at radius 1 is 1.21 bits per heavy atom. The maximum Gasteiger partial charge on any atom is 0.322 e. The van der Waals surface area contributed by atoms with Gasteiger partial charge in [0.05, 0.1) is 5.51 Å². The first kappa shape index (κ1) is 11.5. The third-order valence-corrected chi connectivity index (χ3v) is 2.92. The van der Waals surface area contributed by atoms with Crippen LogP contribution in [0.25, 0.3) is 11.5 Å². The first-order valence-corrected chi connectivity index (χ1v) is 6.35. The highest BCUT2D eigenvalue weighted by atomic mass is 32.1. The zero-order valence-corrected chi connectivity index (χ0v) is 10.4. The lowest BCUT2D eigenvalue weighted by Crippen LogP contribution is -2.12. The van der Waals surface area contributed by atoms with Gasteiger partial charge in [0.1, 0.15) is 5.69 Å². The molecule has 1 N–H and O–H groups in total. The van der Waals surface area contributed by atoms with Crippen LogP contribution in [0.2, 0.25) is 0 Å². The highest BCUT2D eigenvalue weighted by Gasteiger charge is 2.13. The number of rotatable bonds is 3. The van der Waals surface area contributed by atoms with E-state index in [4.69, 9.17) is 4.42 Å². The summed E-state index contributed by atoms with van der Waals surface area (Å²) in [5.74, 6) is -0.0151. The van der Waals surface area contributed by atoms with Gasteiger partial charge < -0.3 is 4.42 Å². The summed E-state index contributed by atoms with van der Waals surface area (Å²) >= 11 is 1.34. The highest BCUT2D eigenvalue weighted by Crippen LogP contribution is 2.19. The summed E-state index contributed by atoms with van der Waals surface area (Å²) in [5.41, 5.74) is 2.70. The average Bonchev–Trinajstić information content (AvgIpc) is 3.11. The second kappa shape index (κ2) is 4.99. The Morgan fingerprint density at radius 2 is 2.05 bits per heavy atom. The Morgan fingerprint density at radius 3 is 2.79 bits per heavy atom. The largest absolute Gasteiger partial charge is 0.403 e. The quantitative estimate of drug-likeness (QED) is 0.792. The molecule has 0 radical (unpaired) electrons. The van der Waals surface area contributed by atoms with Gasteiger partial charge in [-0.1, -0.05) is 23.3 Å². The van der Waals surface area contributed by atoms with E-state index in [0.717, 1.165) is 5.56 Å². The molecule has 7 heteroatoms. The van der Waals surface area contributed by atoms with E-state index in [9.17, 15) is 4.79 Å². The van der Waals surface area contributed by atoms with Gasteiger partial charge >= 0.3 is 6.01 Å². The van der Waals surface area contributed by atoms with Crippen molar-refractivity contribution < 1.29 is 9.21 Å². The van der Waals surface area contributed by atoms with Crippen molar-refractivity contribution in [3.05, 3.63) is 46.9 Å². The molecule has 19 heavy (non-hydrogen) atoms. The van der Waals surface area contributed by atoms with E-state index in [1.54, 1.807) is 10.9 Å². The first-order chi connectivity index (χ1) is 9.33. The average molecular weight is 272 g/mol. The molecule has 0 saturated heterocycles. The molecule has 6 nitrogen and oxygen atoms in total. The molecule has 0 spiro atoms. The van der Waals surface area contributed by atoms with Crippen molar-refractivity contribution in [3.63, 3.8) is 0 Å². The van der Waals surface area contributed by atoms with E-state index in [1.807, 2.05) is 30.3 Å². The minimum absolute atomic E-state index is 0.0526. The van der Waals surface area contributed by atoms with Crippen LogP contribution in [0.15, 0.2) is 45.6 Å². The lowest BCUT2D eigenvalue weighted by atomic mass is 10.2. The molecule has 1 amide bonds. The van der Waals surface area contributed by atoms with Crippen molar-refractivity contribution in [2.24, 2.45) is 0 Å². The van der Waals surface area contributed by atoms with Crippen molar-refractivity contribution in [2.75, 3.05) is 5.32 Å². The van der Waals surface area contributed by atoms with Gasteiger partial charge in [0.25, 0.3) is 5.91 Å². The number of anilines is 1. The van der Waals surface area contributed by atoms with Crippen molar-refractivity contribution in [1.29, 1.82) is 0 Å². The van der Waals surface area contributed by atoms with Gasteiger partial charge in [-0.05, 0) is 12.1 Å². The fourth-order valence-electron chi connectivity index (χ4n) is 1.46. The number of carbonyl (C=O) groups is 1. The summed E-state index contributed by atoms with van der Waals surface area (Å²) in [4.78, 5) is 15.6. The van der Waals surface area contributed by atoms with Crippen LogP contribution < -0.4 is 5.32 Å². The molecule has 0 unspecified atom stereocenters. The Kier molecular flexibility index (Phi) is 3.03. The van der Waals surface area contributed by atoms with Crippen LogP contribution in [-0.4, -0.2) is 21.1 Å². The monoisotopic (exact) mass is 272 g/mol. The third-order valence-electron chi connectivity index (χ3n) is 2.33. The number of thiazole rings is 1. The number of benzene rings is 1. The predicted octanol–water partition coefficient (Wildman–Crippen LogP) is 2.45. The van der Waals surface area contributed by atoms with Crippen molar-refractivity contribution in [1.82, 2.24) is 15.2 Å². The predicted molar refractivity (Wildman–Crippen MR) is 69.8 cm³/mol. The summed E-state index contributed by atoms with van der Waals surface area (Å²) in [7, 11) is 0. The highest BCUT2D eigenvalue weighted by molar-refractivity contribution is 7.07. The van der Waals surface area contributed by atoms with Crippen LogP contribution in [0.5, 0.6) is 0 Å². The number of nitrogens with zero attached hydrogens (tertiary/aromatic N) is 3. The normalized spacial score (nSPS) is 10.3. The van der Waals surface area contributed by atoms with Crippen LogP contribution >= 0.6 is 11.3 Å². The summed E-state index contributed by atoms with van der Waals surface area (Å²) in [6.45, 7) is 0. The molecule has 2 aromatic heterocycles. The van der Waals surface area contributed by atoms with Gasteiger partial charge in [-0.2, -0.15) is 0 Å². The zero-order chi connectivity index (χ0) is 13.1. The zero-order valence-electron chi connectivity index (χ0n) is 9.61. The van der Waals surface area contributed by atoms with E-state index in [2.05, 4.69) is 20.5 Å². The molecule has 1 aromatic carbocycles. The molecule has 0 bridgehead atoms. The molecule has 0 aliphatic carbocycles. The molecule has 0 saturated carbocycles. The number of amides is 1. The Hall–Kier alpha value is -2.54. The second-order valence-corrected chi connectivity index (χ2v) is 4.32. The molecule has 0 aliphatic rings. The maximum atomic E-state index is 11.7. The van der Waals surface area contributed by atoms with E-state index in [1.165, 1.54) is 11.3 Å². The summed E-state index contributed by atoms with van der Waals surface area (Å²) in [5, 5.41) is 11.8. The molecule has 94 valence electrons. The first-order valence-electron chi connectivity index (χ1n) is 5.41. The van der Waals surface area contributed by atoms with E-state index >= 15 is 0 Å². The van der Waals surface area contributed by atoms with Crippen LogP contribution in [0.3, 0.4) is 0 Å². The molecule has 0 aliphatic heterocycles. The van der Waals surface area contributed by atoms with Crippen LogP contribution in [0, 0.1) is 0 Å². The number of hydrogen-bond acceptors (Lipinski definition) is 6. The fourth-order valence-corrected chi connectivity index (χ4v) is 1.99. The van der Waals surface area contributed by atoms with Crippen LogP contribution in [0.1, 0.15) is 10.5 Å². The minimum atomic E-state index is -0.371. The molecule has 2 heterocycles. The summed E-state index contributed by atoms with van der Waals surface area (Å²) in [6, 6.07) is 9.38. The van der Waals surface area contributed by atoms with E-state index < -0.39 is 0 Å². The summed E-state index contributed by atoms with van der Waals surface area (Å²) < 4.78 is 5.36. The third kappa shape index (κ3) is 2.50. The number of aromatic nitrogens is 3. The topological polar surface area (TPSA) is 80.9 Å². The van der Waals surface area contributed by atoms with Gasteiger partial charge in [-0.25, -0.2) is 4.98 Å². The molecular formula is C12H8N4O2S. The van der Waals surface area contributed by atoms with Crippen LogP contribution in [-0.2, 0) is 0 Å². The lowest BCUT2D eigenvalue weighted by molar-refractivity contribution is 0.102. The smallest absolute Gasteiger partial charge is 0.322 e. The molecule has 3 rings (SSSR count). The molecule has 3 aromatic rings. The minimum Gasteiger partial charge on any atom is -0.403 e. The van der Waals surface area contributed by atoms with Gasteiger partial charge in [0.15, 0.2) is 0 Å². The van der Waals surface area contributed by atoms with Crippen molar-refractivity contribution in [2.45, 2.75) is 0 Å². The van der Waals surface area contributed by atoms with Crippen LogP contribution in [0.4, 0.5) is 6.01 Å².